The van der Waals surface area contributed by atoms with Crippen molar-refractivity contribution >= 4 is 45.5 Å². The number of halogens is 1. The molecule has 2 aromatic carbocycles. The van der Waals surface area contributed by atoms with E-state index in [2.05, 4.69) is 27.8 Å². The van der Waals surface area contributed by atoms with E-state index < -0.39 is 17.8 Å². The summed E-state index contributed by atoms with van der Waals surface area (Å²) in [6, 6.07) is 10.8. The molecule has 0 aromatic heterocycles. The minimum atomic E-state index is -0.801. The number of hydrogen-bond acceptors (Lipinski definition) is 5. The predicted molar refractivity (Wildman–Crippen MR) is 112 cm³/mol. The van der Waals surface area contributed by atoms with E-state index in [1.807, 2.05) is 0 Å². The number of carbonyl (C=O) groups is 3. The molecule has 0 aliphatic carbocycles. The van der Waals surface area contributed by atoms with Gasteiger partial charge in [-0.3, -0.25) is 14.9 Å². The van der Waals surface area contributed by atoms with Gasteiger partial charge in [-0.25, -0.2) is 9.69 Å². The van der Waals surface area contributed by atoms with Gasteiger partial charge in [0.1, 0.15) is 12.2 Å². The van der Waals surface area contributed by atoms with Gasteiger partial charge in [-0.15, -0.1) is 0 Å². The lowest BCUT2D eigenvalue weighted by atomic mass is 10.1. The standard InChI is InChI=1S/C21H17BrN2O5/c1-3-10-29-17-9-4-13(12-18(17)28-2)11-16-19(25)23-21(27)24(20(16)26)15-7-5-14(22)6-8-15/h3-9,11-12H,1,10H2,2H3,(H,23,25,27). The fourth-order valence-corrected chi connectivity index (χ4v) is 2.96. The molecule has 0 saturated carbocycles. The molecule has 4 amide bonds. The van der Waals surface area contributed by atoms with Crippen LogP contribution in [0.2, 0.25) is 0 Å². The summed E-state index contributed by atoms with van der Waals surface area (Å²) in [4.78, 5) is 38.3. The number of barbiturate groups is 1. The van der Waals surface area contributed by atoms with E-state index in [9.17, 15) is 14.4 Å². The van der Waals surface area contributed by atoms with E-state index in [-0.39, 0.29) is 5.57 Å². The van der Waals surface area contributed by atoms with Crippen LogP contribution in [-0.4, -0.2) is 31.6 Å². The third kappa shape index (κ3) is 4.38. The number of amides is 4. The van der Waals surface area contributed by atoms with E-state index in [1.165, 1.54) is 13.2 Å². The highest BCUT2D eigenvalue weighted by Gasteiger charge is 2.36. The lowest BCUT2D eigenvalue weighted by Crippen LogP contribution is -2.54. The lowest BCUT2D eigenvalue weighted by molar-refractivity contribution is -0.122. The number of carbonyl (C=O) groups excluding carboxylic acids is 3. The maximum absolute atomic E-state index is 12.9. The Kier molecular flexibility index (Phi) is 6.13. The molecular formula is C21H17BrN2O5. The molecule has 8 heteroatoms. The van der Waals surface area contributed by atoms with E-state index in [1.54, 1.807) is 48.5 Å². The number of hydrogen-bond donors (Lipinski definition) is 1. The Bertz CT molecular complexity index is 1010. The number of nitrogens with zero attached hydrogens (tertiary/aromatic N) is 1. The zero-order valence-electron chi connectivity index (χ0n) is 15.5. The van der Waals surface area contributed by atoms with Gasteiger partial charge in [-0.1, -0.05) is 34.7 Å². The van der Waals surface area contributed by atoms with Crippen LogP contribution in [0.1, 0.15) is 5.56 Å². The summed E-state index contributed by atoms with van der Waals surface area (Å²) >= 11 is 3.30. The summed E-state index contributed by atoms with van der Waals surface area (Å²) in [6.45, 7) is 3.90. The number of ether oxygens (including phenoxy) is 2. The number of nitrogens with one attached hydrogen (secondary N) is 1. The van der Waals surface area contributed by atoms with Crippen molar-refractivity contribution in [3.05, 3.63) is 70.7 Å². The second-order valence-corrected chi connectivity index (χ2v) is 6.86. The van der Waals surface area contributed by atoms with Gasteiger partial charge < -0.3 is 9.47 Å². The molecule has 29 heavy (non-hydrogen) atoms. The number of urea groups is 1. The van der Waals surface area contributed by atoms with Crippen LogP contribution in [0.15, 0.2) is 65.2 Å². The largest absolute Gasteiger partial charge is 0.493 e. The summed E-state index contributed by atoms with van der Waals surface area (Å²) in [7, 11) is 1.49. The Hall–Kier alpha value is -3.39. The van der Waals surface area contributed by atoms with E-state index in [0.29, 0.717) is 29.4 Å². The SMILES string of the molecule is C=CCOc1ccc(C=C2C(=O)NC(=O)N(c3ccc(Br)cc3)C2=O)cc1OC. The molecule has 148 valence electrons. The summed E-state index contributed by atoms with van der Waals surface area (Å²) in [5.74, 6) is -0.544. The van der Waals surface area contributed by atoms with Crippen molar-refractivity contribution in [1.29, 1.82) is 0 Å². The zero-order chi connectivity index (χ0) is 21.0. The molecule has 0 unspecified atom stereocenters. The molecular weight excluding hydrogens is 440 g/mol. The summed E-state index contributed by atoms with van der Waals surface area (Å²) in [5.41, 5.74) is 0.714. The van der Waals surface area contributed by atoms with Crippen molar-refractivity contribution in [3.63, 3.8) is 0 Å². The van der Waals surface area contributed by atoms with Crippen LogP contribution in [0.3, 0.4) is 0 Å². The molecule has 1 fully saturated rings. The van der Waals surface area contributed by atoms with Crippen LogP contribution >= 0.6 is 15.9 Å². The third-order valence-corrected chi connectivity index (χ3v) is 4.57. The summed E-state index contributed by atoms with van der Waals surface area (Å²) in [6.07, 6.45) is 3.00. The van der Waals surface area contributed by atoms with Crippen LogP contribution < -0.4 is 19.7 Å². The van der Waals surface area contributed by atoms with Gasteiger partial charge in [0.2, 0.25) is 0 Å². The molecule has 7 nitrogen and oxygen atoms in total. The van der Waals surface area contributed by atoms with Gasteiger partial charge in [0.25, 0.3) is 11.8 Å². The first-order chi connectivity index (χ1) is 13.9. The van der Waals surface area contributed by atoms with Crippen molar-refractivity contribution in [2.45, 2.75) is 0 Å². The first kappa shape index (κ1) is 20.3. The zero-order valence-corrected chi connectivity index (χ0v) is 17.1. The summed E-state index contributed by atoms with van der Waals surface area (Å²) in [5, 5.41) is 2.19. The van der Waals surface area contributed by atoms with Crippen LogP contribution in [0.25, 0.3) is 6.08 Å². The van der Waals surface area contributed by atoms with Crippen molar-refractivity contribution in [3.8, 4) is 11.5 Å². The highest BCUT2D eigenvalue weighted by Crippen LogP contribution is 2.30. The Morgan fingerprint density at radius 3 is 2.48 bits per heavy atom. The molecule has 0 radical (unpaired) electrons. The first-order valence-corrected chi connectivity index (χ1v) is 9.32. The molecule has 1 aliphatic heterocycles. The minimum Gasteiger partial charge on any atom is -0.493 e. The van der Waals surface area contributed by atoms with E-state index >= 15 is 0 Å². The van der Waals surface area contributed by atoms with Gasteiger partial charge in [0.05, 0.1) is 12.8 Å². The molecule has 2 aromatic rings. The van der Waals surface area contributed by atoms with Crippen molar-refractivity contribution in [2.75, 3.05) is 18.6 Å². The number of rotatable bonds is 6. The second kappa shape index (κ2) is 8.74. The number of imide groups is 2. The topological polar surface area (TPSA) is 84.9 Å². The molecule has 0 spiro atoms. The smallest absolute Gasteiger partial charge is 0.335 e. The third-order valence-electron chi connectivity index (χ3n) is 4.04. The predicted octanol–water partition coefficient (Wildman–Crippen LogP) is 3.69. The van der Waals surface area contributed by atoms with Gasteiger partial charge in [0.15, 0.2) is 11.5 Å². The Labute approximate surface area is 175 Å². The molecule has 1 aliphatic rings. The molecule has 3 rings (SSSR count). The van der Waals surface area contributed by atoms with Crippen LogP contribution in [0.5, 0.6) is 11.5 Å². The molecule has 1 heterocycles. The van der Waals surface area contributed by atoms with Crippen molar-refractivity contribution < 1.29 is 23.9 Å². The maximum Gasteiger partial charge on any atom is 0.335 e. The molecule has 1 saturated heterocycles. The van der Waals surface area contributed by atoms with E-state index in [0.717, 1.165) is 9.37 Å². The van der Waals surface area contributed by atoms with Crippen molar-refractivity contribution in [1.82, 2.24) is 5.32 Å². The monoisotopic (exact) mass is 456 g/mol. The van der Waals surface area contributed by atoms with Crippen LogP contribution in [-0.2, 0) is 9.59 Å². The molecule has 1 N–H and O–H groups in total. The van der Waals surface area contributed by atoms with Gasteiger partial charge in [-0.2, -0.15) is 0 Å². The lowest BCUT2D eigenvalue weighted by Gasteiger charge is -2.26. The average molecular weight is 457 g/mol. The van der Waals surface area contributed by atoms with Gasteiger partial charge in [-0.05, 0) is 48.0 Å². The Morgan fingerprint density at radius 1 is 1.10 bits per heavy atom. The minimum absolute atomic E-state index is 0.172. The maximum atomic E-state index is 12.9. The number of anilines is 1. The Morgan fingerprint density at radius 2 is 1.83 bits per heavy atom. The number of methoxy groups -OCH3 is 1. The average Bonchev–Trinajstić information content (AvgIpc) is 2.71. The summed E-state index contributed by atoms with van der Waals surface area (Å²) < 4.78 is 11.6. The first-order valence-electron chi connectivity index (χ1n) is 8.53. The fourth-order valence-electron chi connectivity index (χ4n) is 2.69. The highest BCUT2D eigenvalue weighted by molar-refractivity contribution is 9.10. The second-order valence-electron chi connectivity index (χ2n) is 5.94. The highest BCUT2D eigenvalue weighted by atomic mass is 79.9. The van der Waals surface area contributed by atoms with E-state index in [4.69, 9.17) is 9.47 Å². The Balaban J connectivity index is 1.96. The normalized spacial score (nSPS) is 15.3. The number of benzene rings is 2. The van der Waals surface area contributed by atoms with Gasteiger partial charge in [0, 0.05) is 4.47 Å². The van der Waals surface area contributed by atoms with Gasteiger partial charge >= 0.3 is 6.03 Å². The van der Waals surface area contributed by atoms with Crippen LogP contribution in [0.4, 0.5) is 10.5 Å². The van der Waals surface area contributed by atoms with Crippen LogP contribution in [0, 0.1) is 0 Å². The quantitative estimate of drug-likeness (QED) is 0.407. The molecule has 0 bridgehead atoms. The molecule has 0 atom stereocenters. The van der Waals surface area contributed by atoms with Crippen molar-refractivity contribution in [2.24, 2.45) is 0 Å². The fraction of sp³-hybridized carbons (Fsp3) is 0.0952.